The molecule has 2 rings (SSSR count). The molecule has 1 aromatic heterocycles. The van der Waals surface area contributed by atoms with E-state index < -0.39 is 11.8 Å². The number of ether oxygens (including phenoxy) is 1. The molecule has 0 aromatic carbocycles. The van der Waals surface area contributed by atoms with Crippen LogP contribution in [0.1, 0.15) is 23.2 Å². The molecule has 6 heteroatoms. The number of aromatic nitrogens is 1. The fourth-order valence-electron chi connectivity index (χ4n) is 1.94. The van der Waals surface area contributed by atoms with Crippen molar-refractivity contribution in [1.29, 1.82) is 0 Å². The highest BCUT2D eigenvalue weighted by Crippen LogP contribution is 2.18. The summed E-state index contributed by atoms with van der Waals surface area (Å²) in [4.78, 5) is 14.5. The predicted molar refractivity (Wildman–Crippen MR) is 63.2 cm³/mol. The third-order valence-corrected chi connectivity index (χ3v) is 2.99. The number of anilines is 1. The summed E-state index contributed by atoms with van der Waals surface area (Å²) in [5, 5.41) is 11.6. The van der Waals surface area contributed by atoms with Gasteiger partial charge in [-0.05, 0) is 24.8 Å². The molecule has 0 saturated carbocycles. The van der Waals surface area contributed by atoms with Gasteiger partial charge < -0.3 is 15.2 Å². The van der Waals surface area contributed by atoms with Crippen LogP contribution in [0.25, 0.3) is 0 Å². The number of aromatic carboxylic acids is 1. The fraction of sp³-hybridized carbons (Fsp3) is 0.500. The Hall–Kier alpha value is -1.69. The van der Waals surface area contributed by atoms with Crippen molar-refractivity contribution in [3.63, 3.8) is 0 Å². The van der Waals surface area contributed by atoms with Crippen molar-refractivity contribution in [3.8, 4) is 0 Å². The minimum Gasteiger partial charge on any atom is -0.478 e. The number of hydrogen-bond donors (Lipinski definition) is 2. The van der Waals surface area contributed by atoms with E-state index in [9.17, 15) is 9.18 Å². The smallest absolute Gasteiger partial charge is 0.338 e. The number of carboxylic acids is 1. The lowest BCUT2D eigenvalue weighted by Gasteiger charge is -2.10. The summed E-state index contributed by atoms with van der Waals surface area (Å²) in [7, 11) is 0. The number of carbonyl (C=O) groups is 1. The topological polar surface area (TPSA) is 71.5 Å². The Bertz CT molecular complexity index is 433. The molecule has 0 bridgehead atoms. The molecule has 5 nitrogen and oxygen atoms in total. The molecule has 1 atom stereocenters. The van der Waals surface area contributed by atoms with Crippen LogP contribution >= 0.6 is 0 Å². The van der Waals surface area contributed by atoms with Gasteiger partial charge in [0.15, 0.2) is 11.6 Å². The van der Waals surface area contributed by atoms with Crippen molar-refractivity contribution in [2.75, 3.05) is 25.1 Å². The van der Waals surface area contributed by atoms with Crippen LogP contribution in [0.5, 0.6) is 0 Å². The maximum Gasteiger partial charge on any atom is 0.338 e. The molecule has 18 heavy (non-hydrogen) atoms. The summed E-state index contributed by atoms with van der Waals surface area (Å²) >= 11 is 0. The van der Waals surface area contributed by atoms with E-state index in [1.165, 1.54) is 6.20 Å². The lowest BCUT2D eigenvalue weighted by molar-refractivity contribution is 0.0692. The average molecular weight is 254 g/mol. The summed E-state index contributed by atoms with van der Waals surface area (Å²) in [6.07, 6.45) is 3.17. The number of halogens is 1. The molecule has 1 aromatic rings. The number of hydrogen-bond acceptors (Lipinski definition) is 4. The van der Waals surface area contributed by atoms with Crippen molar-refractivity contribution in [2.24, 2.45) is 5.92 Å². The number of pyridine rings is 1. The number of nitrogens with zero attached hydrogens (tertiary/aromatic N) is 1. The van der Waals surface area contributed by atoms with Gasteiger partial charge in [0.1, 0.15) is 5.56 Å². The van der Waals surface area contributed by atoms with Crippen LogP contribution in [0.15, 0.2) is 12.3 Å². The zero-order valence-electron chi connectivity index (χ0n) is 9.86. The number of carboxylic acid groups (broad SMARTS) is 1. The van der Waals surface area contributed by atoms with E-state index in [-0.39, 0.29) is 11.4 Å². The highest BCUT2D eigenvalue weighted by atomic mass is 19.1. The minimum absolute atomic E-state index is 0.00573. The first-order valence-corrected chi connectivity index (χ1v) is 5.88. The first kappa shape index (κ1) is 12.8. The van der Waals surface area contributed by atoms with Crippen molar-refractivity contribution in [1.82, 2.24) is 4.98 Å². The van der Waals surface area contributed by atoms with Crippen LogP contribution in [0, 0.1) is 11.7 Å². The predicted octanol–water partition coefficient (Wildman–Crippen LogP) is 1.76. The molecule has 0 aliphatic carbocycles. The molecule has 1 fully saturated rings. The van der Waals surface area contributed by atoms with E-state index in [0.717, 1.165) is 32.1 Å². The maximum absolute atomic E-state index is 13.7. The summed E-state index contributed by atoms with van der Waals surface area (Å²) in [6, 6.07) is 1.15. The Morgan fingerprint density at radius 1 is 1.67 bits per heavy atom. The second-order valence-corrected chi connectivity index (χ2v) is 4.27. The third-order valence-electron chi connectivity index (χ3n) is 2.99. The lowest BCUT2D eigenvalue weighted by Crippen LogP contribution is -2.12. The first-order valence-electron chi connectivity index (χ1n) is 5.88. The van der Waals surface area contributed by atoms with Crippen molar-refractivity contribution in [3.05, 3.63) is 23.6 Å². The molecule has 1 aliphatic heterocycles. The Kier molecular flexibility index (Phi) is 4.09. The highest BCUT2D eigenvalue weighted by Gasteiger charge is 2.17. The summed E-state index contributed by atoms with van der Waals surface area (Å²) in [5.74, 6) is -1.62. The molecule has 2 N–H and O–H groups in total. The van der Waals surface area contributed by atoms with Crippen molar-refractivity contribution in [2.45, 2.75) is 12.8 Å². The van der Waals surface area contributed by atoms with Gasteiger partial charge in [0, 0.05) is 26.0 Å². The minimum atomic E-state index is -1.29. The molecule has 98 valence electrons. The molecular formula is C12H15FN2O3. The molecule has 1 aliphatic rings. The number of rotatable bonds is 5. The summed E-state index contributed by atoms with van der Waals surface area (Å²) in [5.41, 5.74) is -0.364. The van der Waals surface area contributed by atoms with Gasteiger partial charge in [-0.15, -0.1) is 0 Å². The normalized spacial score (nSPS) is 18.8. The van der Waals surface area contributed by atoms with Gasteiger partial charge in [-0.1, -0.05) is 0 Å². The molecule has 1 unspecified atom stereocenters. The second kappa shape index (κ2) is 5.77. The van der Waals surface area contributed by atoms with Gasteiger partial charge in [-0.25, -0.2) is 14.2 Å². The van der Waals surface area contributed by atoms with Gasteiger partial charge in [-0.3, -0.25) is 0 Å². The van der Waals surface area contributed by atoms with Crippen molar-refractivity contribution < 1.29 is 19.0 Å². The largest absolute Gasteiger partial charge is 0.478 e. The Morgan fingerprint density at radius 3 is 3.17 bits per heavy atom. The van der Waals surface area contributed by atoms with Gasteiger partial charge in [0.25, 0.3) is 0 Å². The SMILES string of the molecule is O=C(O)c1ccnc(NCCC2CCOC2)c1F. The lowest BCUT2D eigenvalue weighted by atomic mass is 10.1. The Labute approximate surface area is 104 Å². The van der Waals surface area contributed by atoms with E-state index in [1.54, 1.807) is 0 Å². The molecule has 1 saturated heterocycles. The zero-order chi connectivity index (χ0) is 13.0. The van der Waals surface area contributed by atoms with Crippen molar-refractivity contribution >= 4 is 11.8 Å². The van der Waals surface area contributed by atoms with E-state index in [2.05, 4.69) is 10.3 Å². The Morgan fingerprint density at radius 2 is 2.50 bits per heavy atom. The van der Waals surface area contributed by atoms with E-state index in [4.69, 9.17) is 9.84 Å². The quantitative estimate of drug-likeness (QED) is 0.837. The monoisotopic (exact) mass is 254 g/mol. The van der Waals surface area contributed by atoms with Crippen LogP contribution < -0.4 is 5.32 Å². The van der Waals surface area contributed by atoms with E-state index >= 15 is 0 Å². The van der Waals surface area contributed by atoms with Crippen LogP contribution in [-0.4, -0.2) is 35.8 Å². The molecular weight excluding hydrogens is 239 g/mol. The second-order valence-electron chi connectivity index (χ2n) is 4.27. The van der Waals surface area contributed by atoms with Crippen LogP contribution in [0.2, 0.25) is 0 Å². The summed E-state index contributed by atoms with van der Waals surface area (Å²) < 4.78 is 18.9. The third kappa shape index (κ3) is 2.95. The first-order chi connectivity index (χ1) is 8.68. The van der Waals surface area contributed by atoms with Crippen LogP contribution in [0.4, 0.5) is 10.2 Å². The van der Waals surface area contributed by atoms with Gasteiger partial charge in [0.2, 0.25) is 0 Å². The average Bonchev–Trinajstić information content (AvgIpc) is 2.84. The molecule has 0 amide bonds. The molecule has 2 heterocycles. The van der Waals surface area contributed by atoms with Crippen LogP contribution in [0.3, 0.4) is 0 Å². The highest BCUT2D eigenvalue weighted by molar-refractivity contribution is 5.88. The van der Waals surface area contributed by atoms with E-state index in [1.807, 2.05) is 0 Å². The van der Waals surface area contributed by atoms with Gasteiger partial charge in [0.05, 0.1) is 0 Å². The summed E-state index contributed by atoms with van der Waals surface area (Å²) in [6.45, 7) is 2.08. The number of nitrogens with one attached hydrogen (secondary N) is 1. The maximum atomic E-state index is 13.7. The standard InChI is InChI=1S/C12H15FN2O3/c13-10-9(12(16)17)2-5-15-11(10)14-4-1-8-3-6-18-7-8/h2,5,8H,1,3-4,6-7H2,(H,14,15)(H,16,17). The molecule has 0 radical (unpaired) electrons. The molecule has 0 spiro atoms. The zero-order valence-corrected chi connectivity index (χ0v) is 9.86. The van der Waals surface area contributed by atoms with Gasteiger partial charge >= 0.3 is 5.97 Å². The Balaban J connectivity index is 1.92. The van der Waals surface area contributed by atoms with Crippen LogP contribution in [-0.2, 0) is 4.74 Å². The van der Waals surface area contributed by atoms with Gasteiger partial charge in [-0.2, -0.15) is 0 Å². The fourth-order valence-corrected chi connectivity index (χ4v) is 1.94. The van der Waals surface area contributed by atoms with E-state index in [0.29, 0.717) is 12.5 Å².